The minimum Gasteiger partial charge on any atom is -0.493 e. The van der Waals surface area contributed by atoms with Gasteiger partial charge in [-0.05, 0) is 68.8 Å². The first-order chi connectivity index (χ1) is 14.7. The Labute approximate surface area is 195 Å². The third kappa shape index (κ3) is 4.65. The molecule has 5 heteroatoms. The van der Waals surface area contributed by atoms with E-state index in [4.69, 9.17) is 21.1 Å². The fourth-order valence-electron chi connectivity index (χ4n) is 3.39. The summed E-state index contributed by atoms with van der Waals surface area (Å²) < 4.78 is 12.9. The van der Waals surface area contributed by atoms with Gasteiger partial charge in [-0.1, -0.05) is 66.2 Å². The molecule has 3 nitrogen and oxygen atoms in total. The second-order valence-corrected chi connectivity index (χ2v) is 8.44. The number of methoxy groups -OCH3 is 1. The zero-order valence-electron chi connectivity index (χ0n) is 16.5. The van der Waals surface area contributed by atoms with Gasteiger partial charge < -0.3 is 14.8 Å². The lowest BCUT2D eigenvalue weighted by Gasteiger charge is -2.16. The fourth-order valence-corrected chi connectivity index (χ4v) is 4.41. The maximum absolute atomic E-state index is 6.24. The highest BCUT2D eigenvalue weighted by molar-refractivity contribution is 14.1. The molecule has 0 aliphatic rings. The van der Waals surface area contributed by atoms with E-state index in [0.717, 1.165) is 31.9 Å². The number of fused-ring (bicyclic) bond motifs is 1. The maximum atomic E-state index is 6.24. The molecule has 152 valence electrons. The van der Waals surface area contributed by atoms with Crippen molar-refractivity contribution in [3.63, 3.8) is 0 Å². The van der Waals surface area contributed by atoms with Crippen molar-refractivity contribution in [2.75, 3.05) is 12.4 Å². The summed E-state index contributed by atoms with van der Waals surface area (Å²) in [5, 5.41) is 6.49. The van der Waals surface area contributed by atoms with E-state index in [1.165, 1.54) is 10.8 Å². The molecule has 0 spiro atoms. The normalized spacial score (nSPS) is 10.8. The topological polar surface area (TPSA) is 30.5 Å². The lowest BCUT2D eigenvalue weighted by atomic mass is 10.1. The molecule has 0 unspecified atom stereocenters. The second-order valence-electron chi connectivity index (χ2n) is 6.87. The van der Waals surface area contributed by atoms with Gasteiger partial charge in [-0.25, -0.2) is 0 Å². The number of benzene rings is 4. The third-order valence-electron chi connectivity index (χ3n) is 4.90. The molecule has 0 saturated heterocycles. The molecule has 0 amide bonds. The summed E-state index contributed by atoms with van der Waals surface area (Å²) in [6.45, 7) is 1.12. The van der Waals surface area contributed by atoms with Crippen LogP contribution in [-0.2, 0) is 13.2 Å². The fraction of sp³-hybridized carbons (Fsp3) is 0.120. The van der Waals surface area contributed by atoms with Crippen molar-refractivity contribution in [1.29, 1.82) is 0 Å². The van der Waals surface area contributed by atoms with E-state index in [2.05, 4.69) is 70.4 Å². The van der Waals surface area contributed by atoms with Gasteiger partial charge in [0.05, 0.1) is 21.4 Å². The molecule has 0 aromatic heterocycles. The van der Waals surface area contributed by atoms with Gasteiger partial charge in [0.15, 0.2) is 11.5 Å². The van der Waals surface area contributed by atoms with E-state index in [-0.39, 0.29) is 0 Å². The van der Waals surface area contributed by atoms with Gasteiger partial charge in [0.1, 0.15) is 6.61 Å². The number of halogens is 2. The lowest BCUT2D eigenvalue weighted by Crippen LogP contribution is -2.04. The molecular weight excluding hydrogens is 509 g/mol. The molecule has 0 aliphatic heterocycles. The van der Waals surface area contributed by atoms with Gasteiger partial charge in [-0.15, -0.1) is 0 Å². The van der Waals surface area contributed by atoms with Crippen LogP contribution in [0.5, 0.6) is 11.5 Å². The van der Waals surface area contributed by atoms with E-state index in [9.17, 15) is 0 Å². The monoisotopic (exact) mass is 529 g/mol. The van der Waals surface area contributed by atoms with Crippen molar-refractivity contribution in [3.8, 4) is 11.5 Å². The standard InChI is InChI=1S/C25H21ClINO2/c1-29-24-14-17(15-28-23-12-5-4-11-21(23)26)13-22(27)25(24)30-16-19-9-6-8-18-7-2-3-10-20(18)19/h2-14,28H,15-16H2,1H3. The second kappa shape index (κ2) is 9.58. The van der Waals surface area contributed by atoms with Crippen molar-refractivity contribution in [3.05, 3.63) is 98.6 Å². The molecule has 4 aromatic carbocycles. The smallest absolute Gasteiger partial charge is 0.174 e. The molecule has 0 radical (unpaired) electrons. The zero-order chi connectivity index (χ0) is 20.9. The summed E-state index contributed by atoms with van der Waals surface area (Å²) in [6.07, 6.45) is 0. The highest BCUT2D eigenvalue weighted by Gasteiger charge is 2.13. The molecule has 30 heavy (non-hydrogen) atoms. The van der Waals surface area contributed by atoms with Gasteiger partial charge in [0.2, 0.25) is 0 Å². The Hall–Kier alpha value is -2.44. The van der Waals surface area contributed by atoms with Crippen LogP contribution in [0.1, 0.15) is 11.1 Å². The number of ether oxygens (including phenoxy) is 2. The molecule has 0 atom stereocenters. The molecule has 1 N–H and O–H groups in total. The van der Waals surface area contributed by atoms with Crippen LogP contribution < -0.4 is 14.8 Å². The third-order valence-corrected chi connectivity index (χ3v) is 6.03. The summed E-state index contributed by atoms with van der Waals surface area (Å²) in [5.41, 5.74) is 3.15. The Morgan fingerprint density at radius 2 is 1.70 bits per heavy atom. The molecule has 0 heterocycles. The summed E-state index contributed by atoms with van der Waals surface area (Å²) >= 11 is 8.54. The molecule has 0 fully saturated rings. The van der Waals surface area contributed by atoms with E-state index in [1.807, 2.05) is 36.4 Å². The van der Waals surface area contributed by atoms with Crippen molar-refractivity contribution in [1.82, 2.24) is 0 Å². The van der Waals surface area contributed by atoms with E-state index in [1.54, 1.807) is 7.11 Å². The van der Waals surface area contributed by atoms with Crippen LogP contribution in [-0.4, -0.2) is 7.11 Å². The van der Waals surface area contributed by atoms with Crippen LogP contribution in [0, 0.1) is 3.57 Å². The summed E-state index contributed by atoms with van der Waals surface area (Å²) in [7, 11) is 1.67. The molecule has 4 rings (SSSR count). The SMILES string of the molecule is COc1cc(CNc2ccccc2Cl)cc(I)c1OCc1cccc2ccccc12. The highest BCUT2D eigenvalue weighted by Crippen LogP contribution is 2.35. The van der Waals surface area contributed by atoms with Crippen LogP contribution >= 0.6 is 34.2 Å². The largest absolute Gasteiger partial charge is 0.493 e. The van der Waals surface area contributed by atoms with E-state index < -0.39 is 0 Å². The average Bonchev–Trinajstić information content (AvgIpc) is 2.77. The molecule has 4 aromatic rings. The van der Waals surface area contributed by atoms with Crippen LogP contribution in [0.2, 0.25) is 5.02 Å². The van der Waals surface area contributed by atoms with Gasteiger partial charge >= 0.3 is 0 Å². The first kappa shape index (κ1) is 20.8. The van der Waals surface area contributed by atoms with Crippen molar-refractivity contribution >= 4 is 50.7 Å². The Kier molecular flexibility index (Phi) is 6.65. The first-order valence-electron chi connectivity index (χ1n) is 9.60. The highest BCUT2D eigenvalue weighted by atomic mass is 127. The van der Waals surface area contributed by atoms with Gasteiger partial charge in [-0.3, -0.25) is 0 Å². The quantitative estimate of drug-likeness (QED) is 0.255. The summed E-state index contributed by atoms with van der Waals surface area (Å²) in [4.78, 5) is 0. The van der Waals surface area contributed by atoms with Crippen molar-refractivity contribution in [2.24, 2.45) is 0 Å². The minimum absolute atomic E-state index is 0.477. The Morgan fingerprint density at radius 3 is 2.53 bits per heavy atom. The van der Waals surface area contributed by atoms with E-state index >= 15 is 0 Å². The first-order valence-corrected chi connectivity index (χ1v) is 11.1. The van der Waals surface area contributed by atoms with Gasteiger partial charge in [0.25, 0.3) is 0 Å². The Balaban J connectivity index is 1.53. The number of rotatable bonds is 7. The van der Waals surface area contributed by atoms with Gasteiger partial charge in [0, 0.05) is 6.54 Å². The molecule has 0 bridgehead atoms. The Morgan fingerprint density at radius 1 is 0.933 bits per heavy atom. The average molecular weight is 530 g/mol. The number of anilines is 1. The molecule has 0 aliphatic carbocycles. The van der Waals surface area contributed by atoms with Gasteiger partial charge in [-0.2, -0.15) is 0 Å². The van der Waals surface area contributed by atoms with Crippen LogP contribution in [0.15, 0.2) is 78.9 Å². The van der Waals surface area contributed by atoms with E-state index in [0.29, 0.717) is 18.2 Å². The van der Waals surface area contributed by atoms with Crippen LogP contribution in [0.4, 0.5) is 5.69 Å². The predicted octanol–water partition coefficient (Wildman–Crippen LogP) is 7.30. The summed E-state index contributed by atoms with van der Waals surface area (Å²) in [6, 6.07) is 26.4. The summed E-state index contributed by atoms with van der Waals surface area (Å²) in [5.74, 6) is 1.48. The Bertz CT molecular complexity index is 1170. The van der Waals surface area contributed by atoms with Crippen LogP contribution in [0.25, 0.3) is 10.8 Å². The number of hydrogen-bond donors (Lipinski definition) is 1. The minimum atomic E-state index is 0.477. The maximum Gasteiger partial charge on any atom is 0.174 e. The zero-order valence-corrected chi connectivity index (χ0v) is 19.4. The lowest BCUT2D eigenvalue weighted by molar-refractivity contribution is 0.283. The van der Waals surface area contributed by atoms with Crippen LogP contribution in [0.3, 0.4) is 0 Å². The number of hydrogen-bond acceptors (Lipinski definition) is 3. The van der Waals surface area contributed by atoms with Crippen molar-refractivity contribution < 1.29 is 9.47 Å². The molecule has 0 saturated carbocycles. The number of para-hydroxylation sites is 1. The predicted molar refractivity (Wildman–Crippen MR) is 133 cm³/mol. The number of nitrogens with one attached hydrogen (secondary N) is 1. The van der Waals surface area contributed by atoms with Crippen molar-refractivity contribution in [2.45, 2.75) is 13.2 Å². The molecular formula is C25H21ClINO2.